The molecule has 0 unspecified atom stereocenters. The first-order chi connectivity index (χ1) is 16.6. The van der Waals surface area contributed by atoms with Gasteiger partial charge in [0.25, 0.3) is 5.91 Å². The third-order valence-corrected chi connectivity index (χ3v) is 6.20. The van der Waals surface area contributed by atoms with Gasteiger partial charge in [-0.3, -0.25) is 9.69 Å². The fourth-order valence-corrected chi connectivity index (χ4v) is 4.20. The molecule has 4 N–H and O–H groups in total. The molecule has 0 aliphatic carbocycles. The van der Waals surface area contributed by atoms with Crippen LogP contribution in [0.1, 0.15) is 15.9 Å². The van der Waals surface area contributed by atoms with Crippen LogP contribution in [-0.2, 0) is 11.3 Å². The molecule has 1 aromatic heterocycles. The van der Waals surface area contributed by atoms with E-state index < -0.39 is 0 Å². The Morgan fingerprint density at radius 3 is 2.71 bits per heavy atom. The van der Waals surface area contributed by atoms with Gasteiger partial charge in [-0.25, -0.2) is 9.97 Å². The summed E-state index contributed by atoms with van der Waals surface area (Å²) in [5.74, 6) is 0.939. The predicted molar refractivity (Wildman–Crippen MR) is 139 cm³/mol. The SMILES string of the molecule is Nc1ncnc(Nc2ccc(OCc3ccccc3)c(I)c2)c1C(=O)NCCN1CCOCC1. The lowest BCUT2D eigenvalue weighted by Crippen LogP contribution is -2.41. The molecule has 2 heterocycles. The Morgan fingerprint density at radius 1 is 1.15 bits per heavy atom. The number of halogens is 1. The van der Waals surface area contributed by atoms with Gasteiger partial charge >= 0.3 is 0 Å². The molecule has 0 spiro atoms. The quantitative estimate of drug-likeness (QED) is 0.335. The number of nitrogens with two attached hydrogens (primary N) is 1. The van der Waals surface area contributed by atoms with E-state index in [1.165, 1.54) is 6.33 Å². The van der Waals surface area contributed by atoms with E-state index in [0.29, 0.717) is 19.0 Å². The summed E-state index contributed by atoms with van der Waals surface area (Å²) in [5.41, 5.74) is 8.12. The van der Waals surface area contributed by atoms with E-state index in [4.69, 9.17) is 15.2 Å². The standard InChI is InChI=1S/C24H27IN6O3/c25-19-14-18(6-7-20(19)34-15-17-4-2-1-3-5-17)30-23-21(22(26)28-16-29-23)24(32)27-8-9-31-10-12-33-13-11-31/h1-7,14,16H,8-13,15H2,(H,27,32)(H3,26,28,29,30). The summed E-state index contributed by atoms with van der Waals surface area (Å²) < 4.78 is 12.2. The Balaban J connectivity index is 1.39. The van der Waals surface area contributed by atoms with Crippen molar-refractivity contribution in [3.8, 4) is 5.75 Å². The van der Waals surface area contributed by atoms with Crippen molar-refractivity contribution in [2.24, 2.45) is 0 Å². The van der Waals surface area contributed by atoms with Gasteiger partial charge in [0.15, 0.2) is 0 Å². The molecule has 1 aliphatic heterocycles. The van der Waals surface area contributed by atoms with Crippen molar-refractivity contribution in [3.05, 3.63) is 69.6 Å². The van der Waals surface area contributed by atoms with E-state index in [2.05, 4.69) is 48.1 Å². The van der Waals surface area contributed by atoms with Gasteiger partial charge in [-0.15, -0.1) is 0 Å². The van der Waals surface area contributed by atoms with E-state index >= 15 is 0 Å². The second-order valence-corrected chi connectivity index (χ2v) is 8.90. The zero-order valence-corrected chi connectivity index (χ0v) is 20.8. The minimum absolute atomic E-state index is 0.124. The second kappa shape index (κ2) is 12.0. The Hall–Kier alpha value is -2.96. The fourth-order valence-electron chi connectivity index (χ4n) is 3.53. The first-order valence-corrected chi connectivity index (χ1v) is 12.1. The summed E-state index contributed by atoms with van der Waals surface area (Å²) in [6, 6.07) is 15.7. The first kappa shape index (κ1) is 24.2. The van der Waals surface area contributed by atoms with E-state index in [9.17, 15) is 4.79 Å². The van der Waals surface area contributed by atoms with Crippen LogP contribution < -0.4 is 21.1 Å². The maximum absolute atomic E-state index is 12.9. The largest absolute Gasteiger partial charge is 0.488 e. The second-order valence-electron chi connectivity index (χ2n) is 7.74. The Bertz CT molecular complexity index is 1110. The van der Waals surface area contributed by atoms with Crippen LogP contribution in [0, 0.1) is 3.57 Å². The van der Waals surface area contributed by atoms with Crippen LogP contribution >= 0.6 is 22.6 Å². The first-order valence-electron chi connectivity index (χ1n) is 11.0. The van der Waals surface area contributed by atoms with Crippen LogP contribution in [0.4, 0.5) is 17.3 Å². The van der Waals surface area contributed by atoms with Gasteiger partial charge in [0.05, 0.1) is 16.8 Å². The topological polar surface area (TPSA) is 115 Å². The maximum atomic E-state index is 12.9. The summed E-state index contributed by atoms with van der Waals surface area (Å²) in [6.45, 7) is 4.89. The maximum Gasteiger partial charge on any atom is 0.258 e. The number of carbonyl (C=O) groups is 1. The number of carbonyl (C=O) groups excluding carboxylic acids is 1. The van der Waals surface area contributed by atoms with Gasteiger partial charge in [-0.2, -0.15) is 0 Å². The van der Waals surface area contributed by atoms with E-state index in [-0.39, 0.29) is 17.3 Å². The molecular formula is C24H27IN6O3. The summed E-state index contributed by atoms with van der Waals surface area (Å²) in [7, 11) is 0. The lowest BCUT2D eigenvalue weighted by atomic mass is 10.2. The van der Waals surface area contributed by atoms with Crippen LogP contribution in [0.2, 0.25) is 0 Å². The molecule has 10 heteroatoms. The Labute approximate surface area is 212 Å². The molecule has 1 aliphatic rings. The molecule has 9 nitrogen and oxygen atoms in total. The average Bonchev–Trinajstić information content (AvgIpc) is 2.85. The predicted octanol–water partition coefficient (Wildman–Crippen LogP) is 3.05. The molecule has 178 valence electrons. The number of benzene rings is 2. The number of nitrogens with one attached hydrogen (secondary N) is 2. The van der Waals surface area contributed by atoms with Crippen molar-refractivity contribution < 1.29 is 14.3 Å². The van der Waals surface area contributed by atoms with Gasteiger partial charge in [-0.1, -0.05) is 30.3 Å². The monoisotopic (exact) mass is 574 g/mol. The van der Waals surface area contributed by atoms with Crippen LogP contribution in [-0.4, -0.2) is 60.2 Å². The number of aromatic nitrogens is 2. The molecule has 34 heavy (non-hydrogen) atoms. The van der Waals surface area contributed by atoms with Gasteiger partial charge in [0.2, 0.25) is 0 Å². The number of nitrogen functional groups attached to an aromatic ring is 1. The normalized spacial score (nSPS) is 13.9. The fraction of sp³-hybridized carbons (Fsp3) is 0.292. The van der Waals surface area contributed by atoms with Crippen molar-refractivity contribution >= 4 is 45.8 Å². The third kappa shape index (κ3) is 6.55. The van der Waals surface area contributed by atoms with Gasteiger partial charge < -0.3 is 25.8 Å². The van der Waals surface area contributed by atoms with Crippen molar-refractivity contribution in [2.75, 3.05) is 50.4 Å². The molecule has 0 radical (unpaired) electrons. The number of anilines is 3. The number of nitrogens with zero attached hydrogens (tertiary/aromatic N) is 3. The number of morpholine rings is 1. The van der Waals surface area contributed by atoms with Crippen LogP contribution in [0.3, 0.4) is 0 Å². The van der Waals surface area contributed by atoms with Crippen LogP contribution in [0.15, 0.2) is 54.9 Å². The number of amides is 1. The third-order valence-electron chi connectivity index (χ3n) is 5.35. The summed E-state index contributed by atoms with van der Waals surface area (Å²) in [5, 5.41) is 6.12. The smallest absolute Gasteiger partial charge is 0.258 e. The molecule has 4 rings (SSSR count). The van der Waals surface area contributed by atoms with Crippen molar-refractivity contribution in [3.63, 3.8) is 0 Å². The number of rotatable bonds is 9. The van der Waals surface area contributed by atoms with E-state index in [1.54, 1.807) is 0 Å². The number of ether oxygens (including phenoxy) is 2. The molecule has 2 aromatic carbocycles. The summed E-state index contributed by atoms with van der Waals surface area (Å²) in [4.78, 5) is 23.4. The molecular weight excluding hydrogens is 547 g/mol. The molecule has 0 saturated carbocycles. The summed E-state index contributed by atoms with van der Waals surface area (Å²) >= 11 is 2.22. The highest BCUT2D eigenvalue weighted by molar-refractivity contribution is 14.1. The highest BCUT2D eigenvalue weighted by Gasteiger charge is 2.19. The van der Waals surface area contributed by atoms with Gasteiger partial charge in [-0.05, 0) is 46.4 Å². The highest BCUT2D eigenvalue weighted by atomic mass is 127. The van der Waals surface area contributed by atoms with Crippen molar-refractivity contribution in [1.29, 1.82) is 0 Å². The summed E-state index contributed by atoms with van der Waals surface area (Å²) in [6.07, 6.45) is 1.34. The van der Waals surface area contributed by atoms with E-state index in [1.807, 2.05) is 48.5 Å². The lowest BCUT2D eigenvalue weighted by molar-refractivity contribution is 0.0383. The Morgan fingerprint density at radius 2 is 1.94 bits per heavy atom. The zero-order valence-electron chi connectivity index (χ0n) is 18.7. The van der Waals surface area contributed by atoms with Crippen LogP contribution in [0.5, 0.6) is 5.75 Å². The Kier molecular flexibility index (Phi) is 8.50. The minimum Gasteiger partial charge on any atom is -0.488 e. The van der Waals surface area contributed by atoms with Crippen molar-refractivity contribution in [1.82, 2.24) is 20.2 Å². The molecule has 0 atom stereocenters. The average molecular weight is 574 g/mol. The minimum atomic E-state index is -0.314. The van der Waals surface area contributed by atoms with Crippen LogP contribution in [0.25, 0.3) is 0 Å². The molecule has 3 aromatic rings. The van der Waals surface area contributed by atoms with Crippen molar-refractivity contribution in [2.45, 2.75) is 6.61 Å². The molecule has 1 saturated heterocycles. The lowest BCUT2D eigenvalue weighted by Gasteiger charge is -2.26. The van der Waals surface area contributed by atoms with Gasteiger partial charge in [0, 0.05) is 31.9 Å². The van der Waals surface area contributed by atoms with Gasteiger partial charge in [0.1, 0.15) is 35.9 Å². The molecule has 0 bridgehead atoms. The molecule has 1 fully saturated rings. The number of hydrogen-bond acceptors (Lipinski definition) is 8. The highest BCUT2D eigenvalue weighted by Crippen LogP contribution is 2.28. The zero-order chi connectivity index (χ0) is 23.8. The molecule has 1 amide bonds. The van der Waals surface area contributed by atoms with E-state index in [0.717, 1.165) is 53.4 Å². The number of hydrogen-bond donors (Lipinski definition) is 3.